The number of hydrogen-bond acceptors (Lipinski definition) is 4. The summed E-state index contributed by atoms with van der Waals surface area (Å²) in [5.74, 6) is 0.411. The number of hydrogen-bond donors (Lipinski definition) is 3. The van der Waals surface area contributed by atoms with Crippen LogP contribution in [0.25, 0.3) is 10.9 Å². The molecule has 0 fully saturated rings. The molecule has 0 radical (unpaired) electrons. The number of nitrogens with one attached hydrogen (secondary N) is 3. The number of ether oxygens (including phenoxy) is 2. The number of H-pyrrole nitrogens is 1. The van der Waals surface area contributed by atoms with E-state index in [2.05, 4.69) is 20.4 Å². The highest BCUT2D eigenvalue weighted by molar-refractivity contribution is 5.93. The van der Waals surface area contributed by atoms with Crippen LogP contribution in [0.3, 0.4) is 0 Å². The van der Waals surface area contributed by atoms with E-state index in [4.69, 9.17) is 4.74 Å². The highest BCUT2D eigenvalue weighted by Crippen LogP contribution is 2.36. The molecule has 3 N–H and O–H groups in total. The number of carbonyl (C=O) groups excluding carboxylic acids is 2. The van der Waals surface area contributed by atoms with E-state index in [1.807, 2.05) is 18.2 Å². The number of esters is 1. The zero-order valence-corrected chi connectivity index (χ0v) is 16.4. The fourth-order valence-electron chi connectivity index (χ4n) is 3.85. The van der Waals surface area contributed by atoms with Gasteiger partial charge >= 0.3 is 12.0 Å². The van der Waals surface area contributed by atoms with Crippen molar-refractivity contribution in [1.29, 1.82) is 0 Å². The maximum absolute atomic E-state index is 12.5. The summed E-state index contributed by atoms with van der Waals surface area (Å²) < 4.78 is 10.0. The highest BCUT2D eigenvalue weighted by atomic mass is 16.5. The number of fused-ring (bicyclic) bond motifs is 3. The number of aromatic nitrogens is 1. The summed E-state index contributed by atoms with van der Waals surface area (Å²) in [4.78, 5) is 27.5. The minimum Gasteiger partial charge on any atom is -0.497 e. The maximum Gasteiger partial charge on any atom is 0.337 e. The molecule has 1 aliphatic carbocycles. The van der Waals surface area contributed by atoms with Gasteiger partial charge in [-0.2, -0.15) is 0 Å². The normalized spacial score (nSPS) is 15.4. The summed E-state index contributed by atoms with van der Waals surface area (Å²) >= 11 is 0. The third kappa shape index (κ3) is 3.76. The second-order valence-electron chi connectivity index (χ2n) is 7.04. The van der Waals surface area contributed by atoms with E-state index in [1.165, 1.54) is 12.7 Å². The lowest BCUT2D eigenvalue weighted by molar-refractivity contribution is 0.0600. The summed E-state index contributed by atoms with van der Waals surface area (Å²) in [7, 11) is 2.99. The summed E-state index contributed by atoms with van der Waals surface area (Å²) in [6.45, 7) is 0. The molecule has 4 rings (SSSR count). The second kappa shape index (κ2) is 7.87. The quantitative estimate of drug-likeness (QED) is 0.580. The number of carbonyl (C=O) groups is 2. The lowest BCUT2D eigenvalue weighted by Gasteiger charge is -2.24. The fourth-order valence-corrected chi connectivity index (χ4v) is 3.85. The molecule has 0 spiro atoms. The standard InChI is InChI=1S/C22H23N3O4/c1-28-15-10-11-18-17(12-15)16-4-3-5-19(20(16)24-18)25-22(27)23-14-8-6-13(7-9-14)21(26)29-2/h6-12,19,24H,3-5H2,1-2H3,(H2,23,25,27)/t19-/m1/s1. The van der Waals surface area contributed by atoms with Gasteiger partial charge in [0, 0.05) is 22.3 Å². The van der Waals surface area contributed by atoms with E-state index >= 15 is 0 Å². The smallest absolute Gasteiger partial charge is 0.337 e. The van der Waals surface area contributed by atoms with Crippen molar-refractivity contribution in [3.05, 3.63) is 59.3 Å². The number of amides is 2. The average Bonchev–Trinajstić information content (AvgIpc) is 3.12. The first-order valence-electron chi connectivity index (χ1n) is 9.53. The number of aromatic amines is 1. The topological polar surface area (TPSA) is 92.5 Å². The maximum atomic E-state index is 12.5. The first-order chi connectivity index (χ1) is 14.1. The molecule has 0 unspecified atom stereocenters. The average molecular weight is 393 g/mol. The van der Waals surface area contributed by atoms with Crippen LogP contribution >= 0.6 is 0 Å². The van der Waals surface area contributed by atoms with Crippen LogP contribution in [0.4, 0.5) is 10.5 Å². The summed E-state index contributed by atoms with van der Waals surface area (Å²) in [6.07, 6.45) is 2.83. The first-order valence-corrected chi connectivity index (χ1v) is 9.53. The van der Waals surface area contributed by atoms with E-state index in [-0.39, 0.29) is 12.1 Å². The monoisotopic (exact) mass is 393 g/mol. The molecule has 3 aromatic rings. The van der Waals surface area contributed by atoms with Crippen LogP contribution in [0, 0.1) is 0 Å². The molecule has 1 atom stereocenters. The van der Waals surface area contributed by atoms with Crippen LogP contribution < -0.4 is 15.4 Å². The van der Waals surface area contributed by atoms with E-state index in [0.717, 1.165) is 41.6 Å². The Labute approximate surface area is 168 Å². The van der Waals surface area contributed by atoms with Gasteiger partial charge in [-0.05, 0) is 67.3 Å². The van der Waals surface area contributed by atoms with Crippen LogP contribution in [-0.2, 0) is 11.2 Å². The van der Waals surface area contributed by atoms with Crippen LogP contribution in [0.15, 0.2) is 42.5 Å². The number of aryl methyl sites for hydroxylation is 1. The summed E-state index contributed by atoms with van der Waals surface area (Å²) in [6, 6.07) is 12.2. The van der Waals surface area contributed by atoms with Crippen molar-refractivity contribution in [1.82, 2.24) is 10.3 Å². The van der Waals surface area contributed by atoms with Gasteiger partial charge in [0.1, 0.15) is 5.75 Å². The third-order valence-corrected chi connectivity index (χ3v) is 5.28. The highest BCUT2D eigenvalue weighted by Gasteiger charge is 2.25. The second-order valence-corrected chi connectivity index (χ2v) is 7.04. The lowest BCUT2D eigenvalue weighted by atomic mass is 9.92. The molecular weight excluding hydrogens is 370 g/mol. The first kappa shape index (κ1) is 18.9. The molecule has 0 saturated heterocycles. The third-order valence-electron chi connectivity index (χ3n) is 5.28. The van der Waals surface area contributed by atoms with Gasteiger partial charge < -0.3 is 25.1 Å². The van der Waals surface area contributed by atoms with Gasteiger partial charge in [0.2, 0.25) is 0 Å². The van der Waals surface area contributed by atoms with Gasteiger partial charge in [-0.15, -0.1) is 0 Å². The van der Waals surface area contributed by atoms with Crippen LogP contribution in [-0.4, -0.2) is 31.2 Å². The number of anilines is 1. The Morgan fingerprint density at radius 3 is 2.62 bits per heavy atom. The number of methoxy groups -OCH3 is 2. The zero-order valence-electron chi connectivity index (χ0n) is 16.4. The molecule has 0 aliphatic heterocycles. The van der Waals surface area contributed by atoms with Gasteiger partial charge in [-0.3, -0.25) is 0 Å². The molecular formula is C22H23N3O4. The van der Waals surface area contributed by atoms with Crippen LogP contribution in [0.5, 0.6) is 5.75 Å². The van der Waals surface area contributed by atoms with E-state index in [9.17, 15) is 9.59 Å². The number of benzene rings is 2. The summed E-state index contributed by atoms with van der Waals surface area (Å²) in [5, 5.41) is 7.02. The molecule has 7 heteroatoms. The molecule has 0 saturated carbocycles. The van der Waals surface area contributed by atoms with Gasteiger partial charge in [0.25, 0.3) is 0 Å². The minimum atomic E-state index is -0.411. The Hall–Kier alpha value is -3.48. The largest absolute Gasteiger partial charge is 0.497 e. The number of rotatable bonds is 4. The van der Waals surface area contributed by atoms with Crippen molar-refractivity contribution in [2.45, 2.75) is 25.3 Å². The molecule has 29 heavy (non-hydrogen) atoms. The summed E-state index contributed by atoms with van der Waals surface area (Å²) in [5.41, 5.74) is 4.37. The molecule has 150 valence electrons. The van der Waals surface area contributed by atoms with E-state index in [0.29, 0.717) is 11.3 Å². The predicted molar refractivity (Wildman–Crippen MR) is 110 cm³/mol. The van der Waals surface area contributed by atoms with Gasteiger partial charge in [-0.25, -0.2) is 9.59 Å². The van der Waals surface area contributed by atoms with Crippen LogP contribution in [0.1, 0.15) is 40.5 Å². The Kier molecular flexibility index (Phi) is 5.12. The predicted octanol–water partition coefficient (Wildman–Crippen LogP) is 4.16. The lowest BCUT2D eigenvalue weighted by Crippen LogP contribution is -2.34. The van der Waals surface area contributed by atoms with Crippen molar-refractivity contribution in [3.63, 3.8) is 0 Å². The Balaban J connectivity index is 1.49. The molecule has 2 aromatic carbocycles. The Morgan fingerprint density at radius 2 is 1.90 bits per heavy atom. The van der Waals surface area contributed by atoms with Crippen molar-refractivity contribution in [2.24, 2.45) is 0 Å². The molecule has 7 nitrogen and oxygen atoms in total. The Morgan fingerprint density at radius 1 is 1.10 bits per heavy atom. The van der Waals surface area contributed by atoms with Crippen molar-refractivity contribution in [2.75, 3.05) is 19.5 Å². The van der Waals surface area contributed by atoms with Crippen molar-refractivity contribution < 1.29 is 19.1 Å². The Bertz CT molecular complexity index is 1060. The fraction of sp³-hybridized carbons (Fsp3) is 0.273. The van der Waals surface area contributed by atoms with Crippen molar-refractivity contribution >= 4 is 28.6 Å². The van der Waals surface area contributed by atoms with Gasteiger partial charge in [-0.1, -0.05) is 0 Å². The number of urea groups is 1. The van der Waals surface area contributed by atoms with Crippen LogP contribution in [0.2, 0.25) is 0 Å². The SMILES string of the molecule is COC(=O)c1ccc(NC(=O)N[C@@H]2CCCc3c2[nH]c2ccc(OC)cc32)cc1. The van der Waals surface area contributed by atoms with E-state index < -0.39 is 5.97 Å². The molecule has 2 amide bonds. The molecule has 0 bridgehead atoms. The molecule has 1 aromatic heterocycles. The minimum absolute atomic E-state index is 0.0912. The van der Waals surface area contributed by atoms with Gasteiger partial charge in [0.05, 0.1) is 25.8 Å². The van der Waals surface area contributed by atoms with Crippen molar-refractivity contribution in [3.8, 4) is 5.75 Å². The molecule has 1 heterocycles. The zero-order chi connectivity index (χ0) is 20.4. The van der Waals surface area contributed by atoms with E-state index in [1.54, 1.807) is 31.4 Å². The molecule has 1 aliphatic rings. The van der Waals surface area contributed by atoms with Gasteiger partial charge in [0.15, 0.2) is 0 Å².